The van der Waals surface area contributed by atoms with Gasteiger partial charge < -0.3 is 4.74 Å². The lowest BCUT2D eigenvalue weighted by Gasteiger charge is -2.16. The van der Waals surface area contributed by atoms with Gasteiger partial charge >= 0.3 is 5.97 Å². The summed E-state index contributed by atoms with van der Waals surface area (Å²) in [5, 5.41) is 0. The first-order valence-electron chi connectivity index (χ1n) is 5.25. The summed E-state index contributed by atoms with van der Waals surface area (Å²) in [5.74, 6) is -3.60. The van der Waals surface area contributed by atoms with E-state index >= 15 is 0 Å². The third-order valence-electron chi connectivity index (χ3n) is 2.21. The zero-order valence-electron chi connectivity index (χ0n) is 9.38. The zero-order valence-corrected chi connectivity index (χ0v) is 11.0. The Kier molecular flexibility index (Phi) is 5.05. The van der Waals surface area contributed by atoms with Gasteiger partial charge in [-0.15, -0.1) is 0 Å². The van der Waals surface area contributed by atoms with Crippen molar-refractivity contribution in [1.82, 2.24) is 0 Å². The maximum absolute atomic E-state index is 13.7. The van der Waals surface area contributed by atoms with Crippen molar-refractivity contribution in [2.24, 2.45) is 0 Å². The molecule has 0 N–H and O–H groups in total. The molecule has 0 aliphatic carbocycles. The minimum atomic E-state index is -3.01. The lowest BCUT2D eigenvalue weighted by Crippen LogP contribution is -2.16. The Balaban J connectivity index is 2.61. The second-order valence-electron chi connectivity index (χ2n) is 3.52. The van der Waals surface area contributed by atoms with Crippen LogP contribution in [0.3, 0.4) is 0 Å². The normalized spacial score (nSPS) is 11.3. The Morgan fingerprint density at radius 3 is 2.47 bits per heavy atom. The van der Waals surface area contributed by atoms with Crippen molar-refractivity contribution >= 4 is 21.9 Å². The standard InChI is InChI=1S/C12H13BrF2O2/c1-2-17-11(16)7-8-12(14,15)9-3-5-10(13)6-4-9/h3-6H,2,7-8H2,1H3. The lowest BCUT2D eigenvalue weighted by molar-refractivity contribution is -0.145. The average Bonchev–Trinajstić information content (AvgIpc) is 2.28. The van der Waals surface area contributed by atoms with E-state index in [0.717, 1.165) is 4.47 Å². The number of rotatable bonds is 5. The van der Waals surface area contributed by atoms with Crippen LogP contribution in [0.1, 0.15) is 25.3 Å². The summed E-state index contributed by atoms with van der Waals surface area (Å²) < 4.78 is 32.7. The van der Waals surface area contributed by atoms with Crippen LogP contribution < -0.4 is 0 Å². The van der Waals surface area contributed by atoms with E-state index in [1.807, 2.05) is 0 Å². The highest BCUT2D eigenvalue weighted by Gasteiger charge is 2.32. The molecule has 5 heteroatoms. The van der Waals surface area contributed by atoms with Crippen molar-refractivity contribution in [3.05, 3.63) is 34.3 Å². The quantitative estimate of drug-likeness (QED) is 0.772. The summed E-state index contributed by atoms with van der Waals surface area (Å²) >= 11 is 3.18. The number of carbonyl (C=O) groups excluding carboxylic acids is 1. The zero-order chi connectivity index (χ0) is 12.9. The van der Waals surface area contributed by atoms with E-state index in [-0.39, 0.29) is 18.6 Å². The molecule has 1 aromatic rings. The Hall–Kier alpha value is -0.970. The average molecular weight is 307 g/mol. The summed E-state index contributed by atoms with van der Waals surface area (Å²) in [7, 11) is 0. The second-order valence-corrected chi connectivity index (χ2v) is 4.43. The third-order valence-corrected chi connectivity index (χ3v) is 2.74. The van der Waals surface area contributed by atoms with Crippen LogP contribution in [0.2, 0.25) is 0 Å². The largest absolute Gasteiger partial charge is 0.466 e. The van der Waals surface area contributed by atoms with Gasteiger partial charge in [0.1, 0.15) is 0 Å². The van der Waals surface area contributed by atoms with Gasteiger partial charge in [0.15, 0.2) is 0 Å². The molecule has 94 valence electrons. The molecule has 0 radical (unpaired) electrons. The SMILES string of the molecule is CCOC(=O)CCC(F)(F)c1ccc(Br)cc1. The van der Waals surface area contributed by atoms with Crippen LogP contribution in [0.15, 0.2) is 28.7 Å². The van der Waals surface area contributed by atoms with E-state index in [2.05, 4.69) is 20.7 Å². The van der Waals surface area contributed by atoms with Gasteiger partial charge in [0.05, 0.1) is 13.0 Å². The molecule has 1 rings (SSSR count). The molecule has 0 aromatic heterocycles. The van der Waals surface area contributed by atoms with E-state index in [0.29, 0.717) is 0 Å². The molecule has 0 heterocycles. The summed E-state index contributed by atoms with van der Waals surface area (Å²) in [4.78, 5) is 11.0. The number of hydrogen-bond acceptors (Lipinski definition) is 2. The number of carbonyl (C=O) groups is 1. The van der Waals surface area contributed by atoms with Crippen LogP contribution in [0.25, 0.3) is 0 Å². The van der Waals surface area contributed by atoms with Gasteiger partial charge in [-0.1, -0.05) is 28.1 Å². The van der Waals surface area contributed by atoms with Crippen LogP contribution >= 0.6 is 15.9 Å². The van der Waals surface area contributed by atoms with Crippen LogP contribution in [0.5, 0.6) is 0 Å². The molecule has 0 spiro atoms. The molecular formula is C12H13BrF2O2. The molecule has 0 amide bonds. The van der Waals surface area contributed by atoms with Crippen LogP contribution in [0.4, 0.5) is 8.78 Å². The maximum Gasteiger partial charge on any atom is 0.306 e. The molecule has 0 saturated heterocycles. The topological polar surface area (TPSA) is 26.3 Å². The molecule has 2 nitrogen and oxygen atoms in total. The molecular weight excluding hydrogens is 294 g/mol. The van der Waals surface area contributed by atoms with Gasteiger partial charge in [-0.05, 0) is 19.1 Å². The van der Waals surface area contributed by atoms with E-state index in [1.54, 1.807) is 19.1 Å². The first kappa shape index (κ1) is 14.1. The smallest absolute Gasteiger partial charge is 0.306 e. The Bertz CT molecular complexity index is 377. The maximum atomic E-state index is 13.7. The van der Waals surface area contributed by atoms with E-state index < -0.39 is 18.3 Å². The molecule has 0 aliphatic heterocycles. The molecule has 0 bridgehead atoms. The summed E-state index contributed by atoms with van der Waals surface area (Å²) in [6.07, 6.45) is -0.815. The molecule has 0 saturated carbocycles. The van der Waals surface area contributed by atoms with Gasteiger partial charge in [0.25, 0.3) is 5.92 Å². The third kappa shape index (κ3) is 4.42. The number of halogens is 3. The molecule has 0 fully saturated rings. The first-order valence-corrected chi connectivity index (χ1v) is 6.04. The summed E-state index contributed by atoms with van der Waals surface area (Å²) in [5.41, 5.74) is -0.0926. The molecule has 17 heavy (non-hydrogen) atoms. The van der Waals surface area contributed by atoms with Gasteiger partial charge in [0.2, 0.25) is 0 Å². The first-order chi connectivity index (χ1) is 7.95. The Labute approximate surface area is 107 Å². The van der Waals surface area contributed by atoms with Crippen molar-refractivity contribution in [3.63, 3.8) is 0 Å². The van der Waals surface area contributed by atoms with E-state index in [4.69, 9.17) is 0 Å². The van der Waals surface area contributed by atoms with E-state index in [9.17, 15) is 13.6 Å². The fraction of sp³-hybridized carbons (Fsp3) is 0.417. The predicted molar refractivity (Wildman–Crippen MR) is 63.9 cm³/mol. The lowest BCUT2D eigenvalue weighted by atomic mass is 10.0. The van der Waals surface area contributed by atoms with Gasteiger partial charge in [-0.2, -0.15) is 0 Å². The van der Waals surface area contributed by atoms with Crippen LogP contribution in [-0.2, 0) is 15.5 Å². The monoisotopic (exact) mass is 306 g/mol. The number of esters is 1. The Morgan fingerprint density at radius 2 is 1.94 bits per heavy atom. The fourth-order valence-electron chi connectivity index (χ4n) is 1.33. The van der Waals surface area contributed by atoms with Crippen LogP contribution in [0, 0.1) is 0 Å². The summed E-state index contributed by atoms with van der Waals surface area (Å²) in [6, 6.07) is 5.78. The number of hydrogen-bond donors (Lipinski definition) is 0. The van der Waals surface area contributed by atoms with Crippen molar-refractivity contribution < 1.29 is 18.3 Å². The molecule has 0 aliphatic rings. The number of benzene rings is 1. The minimum Gasteiger partial charge on any atom is -0.466 e. The number of alkyl halides is 2. The van der Waals surface area contributed by atoms with Gasteiger partial charge in [-0.25, -0.2) is 8.78 Å². The highest BCUT2D eigenvalue weighted by Crippen LogP contribution is 2.33. The highest BCUT2D eigenvalue weighted by molar-refractivity contribution is 9.10. The summed E-state index contributed by atoms with van der Waals surface area (Å²) in [6.45, 7) is 1.85. The van der Waals surface area contributed by atoms with Crippen molar-refractivity contribution in [3.8, 4) is 0 Å². The predicted octanol–water partition coefficient (Wildman–Crippen LogP) is 3.88. The van der Waals surface area contributed by atoms with Crippen molar-refractivity contribution in [2.75, 3.05) is 6.61 Å². The van der Waals surface area contributed by atoms with Crippen molar-refractivity contribution in [1.29, 1.82) is 0 Å². The van der Waals surface area contributed by atoms with Gasteiger partial charge in [0, 0.05) is 16.5 Å². The second kappa shape index (κ2) is 6.10. The molecule has 0 unspecified atom stereocenters. The highest BCUT2D eigenvalue weighted by atomic mass is 79.9. The number of ether oxygens (including phenoxy) is 1. The van der Waals surface area contributed by atoms with Crippen LogP contribution in [-0.4, -0.2) is 12.6 Å². The molecule has 0 atom stereocenters. The fourth-order valence-corrected chi connectivity index (χ4v) is 1.59. The minimum absolute atomic E-state index is 0.0926. The van der Waals surface area contributed by atoms with Gasteiger partial charge in [-0.3, -0.25) is 4.79 Å². The Morgan fingerprint density at radius 1 is 1.35 bits per heavy atom. The van der Waals surface area contributed by atoms with Crippen molar-refractivity contribution in [2.45, 2.75) is 25.7 Å². The van der Waals surface area contributed by atoms with E-state index in [1.165, 1.54) is 12.1 Å². The molecule has 1 aromatic carbocycles.